The average molecular weight is 383 g/mol. The highest BCUT2D eigenvalue weighted by Gasteiger charge is 2.29. The zero-order valence-corrected chi connectivity index (χ0v) is 18.2. The summed E-state index contributed by atoms with van der Waals surface area (Å²) in [6.07, 6.45) is 11.6. The molecular formula is C26H38O2. The lowest BCUT2D eigenvalue weighted by atomic mass is 9.72. The molecule has 0 aliphatic carbocycles. The molecular weight excluding hydrogens is 344 g/mol. The first-order valence-corrected chi connectivity index (χ1v) is 11.0. The molecule has 0 aliphatic rings. The number of unbranched alkanes of at least 4 members (excludes halogenated alkanes) is 7. The zero-order chi connectivity index (χ0) is 20.6. The molecule has 0 heterocycles. The molecule has 0 radical (unpaired) electrons. The highest BCUT2D eigenvalue weighted by atomic mass is 16.3. The van der Waals surface area contributed by atoms with Crippen LogP contribution in [0.25, 0.3) is 0 Å². The lowest BCUT2D eigenvalue weighted by Gasteiger charge is -2.32. The van der Waals surface area contributed by atoms with Gasteiger partial charge in [-0.15, -0.1) is 0 Å². The van der Waals surface area contributed by atoms with Crippen molar-refractivity contribution >= 4 is 0 Å². The fraction of sp³-hybridized carbons (Fsp3) is 0.538. The van der Waals surface area contributed by atoms with Crippen molar-refractivity contribution in [3.63, 3.8) is 0 Å². The molecule has 0 fully saturated rings. The van der Waals surface area contributed by atoms with Crippen molar-refractivity contribution in [1.29, 1.82) is 0 Å². The Balaban J connectivity index is 2.12. The molecule has 0 unspecified atom stereocenters. The third kappa shape index (κ3) is 5.77. The summed E-state index contributed by atoms with van der Waals surface area (Å²) in [6.45, 7) is 8.47. The van der Waals surface area contributed by atoms with Gasteiger partial charge in [0, 0.05) is 5.41 Å². The first kappa shape index (κ1) is 22.3. The Morgan fingerprint density at radius 2 is 1.11 bits per heavy atom. The predicted molar refractivity (Wildman–Crippen MR) is 119 cm³/mol. The van der Waals surface area contributed by atoms with Crippen molar-refractivity contribution in [2.45, 2.75) is 90.9 Å². The van der Waals surface area contributed by atoms with Crippen molar-refractivity contribution < 1.29 is 10.2 Å². The van der Waals surface area contributed by atoms with Gasteiger partial charge in [-0.25, -0.2) is 0 Å². The number of phenolic OH excluding ortho intramolecular Hbond substituents is 2. The Morgan fingerprint density at radius 3 is 1.54 bits per heavy atom. The lowest BCUT2D eigenvalue weighted by molar-refractivity contribution is 0.456. The van der Waals surface area contributed by atoms with E-state index in [1.807, 2.05) is 26.0 Å². The van der Waals surface area contributed by atoms with E-state index >= 15 is 0 Å². The van der Waals surface area contributed by atoms with Gasteiger partial charge in [0.05, 0.1) is 0 Å². The van der Waals surface area contributed by atoms with E-state index in [9.17, 15) is 10.2 Å². The average Bonchev–Trinajstić information content (AvgIpc) is 2.68. The second kappa shape index (κ2) is 10.5. The van der Waals surface area contributed by atoms with Crippen molar-refractivity contribution in [2.24, 2.45) is 0 Å². The number of benzene rings is 2. The molecule has 0 saturated heterocycles. The molecule has 0 aromatic heterocycles. The maximum Gasteiger partial charge on any atom is 0.118 e. The van der Waals surface area contributed by atoms with Gasteiger partial charge < -0.3 is 10.2 Å². The maximum absolute atomic E-state index is 9.96. The molecule has 0 bridgehead atoms. The van der Waals surface area contributed by atoms with Crippen LogP contribution in [0.1, 0.15) is 93.9 Å². The normalized spacial score (nSPS) is 11.7. The summed E-state index contributed by atoms with van der Waals surface area (Å²) >= 11 is 0. The summed E-state index contributed by atoms with van der Waals surface area (Å²) < 4.78 is 0. The van der Waals surface area contributed by atoms with E-state index in [1.165, 1.54) is 62.5 Å². The molecule has 2 nitrogen and oxygen atoms in total. The van der Waals surface area contributed by atoms with Crippen LogP contribution in [-0.2, 0) is 5.41 Å². The van der Waals surface area contributed by atoms with E-state index in [4.69, 9.17) is 0 Å². The van der Waals surface area contributed by atoms with Crippen molar-refractivity contribution in [2.75, 3.05) is 0 Å². The first-order valence-electron chi connectivity index (χ1n) is 11.0. The fourth-order valence-corrected chi connectivity index (χ4v) is 4.07. The Bertz CT molecular complexity index is 697. The van der Waals surface area contributed by atoms with Gasteiger partial charge in [0.15, 0.2) is 0 Å². The molecule has 0 saturated carbocycles. The molecule has 0 amide bonds. The molecule has 0 atom stereocenters. The van der Waals surface area contributed by atoms with Gasteiger partial charge in [-0.2, -0.15) is 0 Å². The number of aryl methyl sites for hydroxylation is 2. The molecule has 2 aromatic carbocycles. The second-order valence-electron chi connectivity index (χ2n) is 8.56. The van der Waals surface area contributed by atoms with Crippen LogP contribution in [0.15, 0.2) is 36.4 Å². The molecule has 2 heteroatoms. The quantitative estimate of drug-likeness (QED) is 0.394. The highest BCUT2D eigenvalue weighted by Crippen LogP contribution is 2.39. The van der Waals surface area contributed by atoms with Crippen LogP contribution in [-0.4, -0.2) is 10.2 Å². The summed E-state index contributed by atoms with van der Waals surface area (Å²) in [5.74, 6) is 0.695. The van der Waals surface area contributed by atoms with Gasteiger partial charge in [-0.05, 0) is 54.7 Å². The summed E-state index contributed by atoms with van der Waals surface area (Å²) in [5, 5.41) is 19.9. The van der Waals surface area contributed by atoms with Crippen LogP contribution in [0.4, 0.5) is 0 Å². The summed E-state index contributed by atoms with van der Waals surface area (Å²) in [4.78, 5) is 0. The van der Waals surface area contributed by atoms with Crippen LogP contribution in [0.3, 0.4) is 0 Å². The fourth-order valence-electron chi connectivity index (χ4n) is 4.07. The van der Waals surface area contributed by atoms with E-state index in [0.717, 1.165) is 17.5 Å². The number of aromatic hydroxyl groups is 2. The predicted octanol–water partition coefficient (Wildman–Crippen LogP) is 7.55. The van der Waals surface area contributed by atoms with E-state index in [1.54, 1.807) is 0 Å². The Labute approximate surface area is 171 Å². The topological polar surface area (TPSA) is 40.5 Å². The van der Waals surface area contributed by atoms with Crippen molar-refractivity contribution in [3.05, 3.63) is 58.7 Å². The number of hydrogen-bond acceptors (Lipinski definition) is 2. The van der Waals surface area contributed by atoms with Gasteiger partial charge in [0.25, 0.3) is 0 Å². The summed E-state index contributed by atoms with van der Waals surface area (Å²) in [5.41, 5.74) is 4.16. The van der Waals surface area contributed by atoms with Gasteiger partial charge in [0.1, 0.15) is 11.5 Å². The third-order valence-electron chi connectivity index (χ3n) is 6.20. The molecule has 154 valence electrons. The summed E-state index contributed by atoms with van der Waals surface area (Å²) in [7, 11) is 0. The molecule has 0 spiro atoms. The van der Waals surface area contributed by atoms with Gasteiger partial charge in [0.2, 0.25) is 0 Å². The molecule has 28 heavy (non-hydrogen) atoms. The van der Waals surface area contributed by atoms with Crippen LogP contribution >= 0.6 is 0 Å². The first-order chi connectivity index (χ1) is 13.4. The van der Waals surface area contributed by atoms with Crippen molar-refractivity contribution in [3.8, 4) is 11.5 Å². The smallest absolute Gasteiger partial charge is 0.118 e. The SMILES string of the molecule is CCCCCCCCCCC(C)(c1ccc(O)c(C)c1)c1ccc(O)c(C)c1. The van der Waals surface area contributed by atoms with Crippen LogP contribution < -0.4 is 0 Å². The van der Waals surface area contributed by atoms with Crippen LogP contribution in [0, 0.1) is 13.8 Å². The van der Waals surface area contributed by atoms with E-state index in [-0.39, 0.29) is 5.41 Å². The largest absolute Gasteiger partial charge is 0.508 e. The minimum Gasteiger partial charge on any atom is -0.508 e. The number of rotatable bonds is 11. The molecule has 2 N–H and O–H groups in total. The van der Waals surface area contributed by atoms with Crippen molar-refractivity contribution in [1.82, 2.24) is 0 Å². The third-order valence-corrected chi connectivity index (χ3v) is 6.20. The highest BCUT2D eigenvalue weighted by molar-refractivity contribution is 5.46. The standard InChI is InChI=1S/C26H38O2/c1-5-6-7-8-9-10-11-12-17-26(4,22-13-15-24(27)20(2)18-22)23-14-16-25(28)21(3)19-23/h13-16,18-19,27-28H,5-12,17H2,1-4H3. The maximum atomic E-state index is 9.96. The zero-order valence-electron chi connectivity index (χ0n) is 18.2. The van der Waals surface area contributed by atoms with E-state index < -0.39 is 0 Å². The lowest BCUT2D eigenvalue weighted by Crippen LogP contribution is -2.24. The van der Waals surface area contributed by atoms with Gasteiger partial charge in [-0.1, -0.05) is 89.5 Å². The number of hydrogen-bond donors (Lipinski definition) is 2. The Morgan fingerprint density at radius 1 is 0.679 bits per heavy atom. The summed E-state index contributed by atoms with van der Waals surface area (Å²) in [6, 6.07) is 11.9. The van der Waals surface area contributed by atoms with Crippen LogP contribution in [0.5, 0.6) is 11.5 Å². The van der Waals surface area contributed by atoms with Crippen LogP contribution in [0.2, 0.25) is 0 Å². The Hall–Kier alpha value is -1.96. The Kier molecular flexibility index (Phi) is 8.41. The molecule has 2 rings (SSSR count). The van der Waals surface area contributed by atoms with E-state index in [2.05, 4.69) is 38.1 Å². The van der Waals surface area contributed by atoms with Gasteiger partial charge >= 0.3 is 0 Å². The van der Waals surface area contributed by atoms with E-state index in [0.29, 0.717) is 11.5 Å². The second-order valence-corrected chi connectivity index (χ2v) is 8.56. The minimum atomic E-state index is -0.126. The van der Waals surface area contributed by atoms with Gasteiger partial charge in [-0.3, -0.25) is 0 Å². The molecule has 2 aromatic rings. The monoisotopic (exact) mass is 382 g/mol. The number of phenols is 2. The minimum absolute atomic E-state index is 0.126. The molecule has 0 aliphatic heterocycles.